The Balaban J connectivity index is 2.19. The van der Waals surface area contributed by atoms with Crippen LogP contribution in [0, 0.1) is 0 Å². The minimum Gasteiger partial charge on any atom is -0.481 e. The van der Waals surface area contributed by atoms with E-state index in [1.165, 1.54) is 6.07 Å². The Hall–Kier alpha value is -0.950. The van der Waals surface area contributed by atoms with Crippen LogP contribution in [0.15, 0.2) is 22.2 Å². The summed E-state index contributed by atoms with van der Waals surface area (Å²) in [5.74, 6) is -0.974. The Bertz CT molecular complexity index is 518. The van der Waals surface area contributed by atoms with Crippen LogP contribution in [0.3, 0.4) is 0 Å². The second kappa shape index (κ2) is 6.47. The molecule has 0 amide bonds. The lowest BCUT2D eigenvalue weighted by Crippen LogP contribution is -2.17. The van der Waals surface area contributed by atoms with Gasteiger partial charge in [-0.2, -0.15) is 16.7 Å². The molecule has 1 aliphatic carbocycles. The van der Waals surface area contributed by atoms with Crippen molar-refractivity contribution in [3.05, 3.63) is 22.6 Å². The normalized spacial score (nSPS) is 22.6. The van der Waals surface area contributed by atoms with Gasteiger partial charge in [0.05, 0.1) is 5.75 Å². The van der Waals surface area contributed by atoms with E-state index in [2.05, 4.69) is 11.2 Å². The third-order valence-corrected chi connectivity index (χ3v) is 5.26. The van der Waals surface area contributed by atoms with E-state index in [4.69, 9.17) is 5.11 Å². The van der Waals surface area contributed by atoms with E-state index in [0.717, 1.165) is 31.0 Å². The SMILES string of the molecule is CSC1CCC(n2ccc(=O)nc2SCC(=O)O)C1. The molecule has 1 aliphatic rings. The van der Waals surface area contributed by atoms with Crippen molar-refractivity contribution >= 4 is 29.5 Å². The molecule has 0 aromatic carbocycles. The monoisotopic (exact) mass is 300 g/mol. The van der Waals surface area contributed by atoms with E-state index < -0.39 is 5.97 Å². The third-order valence-electron chi connectivity index (χ3n) is 3.21. The van der Waals surface area contributed by atoms with Crippen molar-refractivity contribution < 1.29 is 9.90 Å². The van der Waals surface area contributed by atoms with Gasteiger partial charge in [0.15, 0.2) is 5.16 Å². The zero-order valence-electron chi connectivity index (χ0n) is 10.6. The molecule has 2 unspecified atom stereocenters. The van der Waals surface area contributed by atoms with Crippen LogP contribution < -0.4 is 5.56 Å². The van der Waals surface area contributed by atoms with Crippen molar-refractivity contribution in [1.29, 1.82) is 0 Å². The molecular weight excluding hydrogens is 284 g/mol. The molecule has 1 fully saturated rings. The molecule has 2 atom stereocenters. The molecule has 7 heteroatoms. The van der Waals surface area contributed by atoms with E-state index in [0.29, 0.717) is 16.4 Å². The van der Waals surface area contributed by atoms with Crippen molar-refractivity contribution in [2.45, 2.75) is 35.7 Å². The maximum absolute atomic E-state index is 11.3. The second-order valence-electron chi connectivity index (χ2n) is 4.46. The summed E-state index contributed by atoms with van der Waals surface area (Å²) < 4.78 is 1.96. The molecule has 2 rings (SSSR count). The van der Waals surface area contributed by atoms with Gasteiger partial charge in [-0.1, -0.05) is 11.8 Å². The summed E-state index contributed by atoms with van der Waals surface area (Å²) in [5.41, 5.74) is -0.316. The molecule has 1 aromatic rings. The first-order chi connectivity index (χ1) is 9.10. The molecule has 1 heterocycles. The minimum absolute atomic E-state index is 0.0743. The fourth-order valence-corrected chi connectivity index (χ4v) is 3.84. The number of carboxylic acid groups (broad SMARTS) is 1. The van der Waals surface area contributed by atoms with Crippen LogP contribution in [-0.2, 0) is 4.79 Å². The number of carbonyl (C=O) groups is 1. The predicted molar refractivity (Wildman–Crippen MR) is 77.0 cm³/mol. The average Bonchev–Trinajstić information content (AvgIpc) is 2.85. The van der Waals surface area contributed by atoms with Gasteiger partial charge in [0.25, 0.3) is 5.56 Å². The highest BCUT2D eigenvalue weighted by Gasteiger charge is 2.26. The van der Waals surface area contributed by atoms with Gasteiger partial charge in [0, 0.05) is 23.6 Å². The fraction of sp³-hybridized carbons (Fsp3) is 0.583. The first-order valence-corrected chi connectivity index (χ1v) is 8.34. The summed E-state index contributed by atoms with van der Waals surface area (Å²) in [4.78, 5) is 25.9. The Morgan fingerprint density at radius 3 is 3.00 bits per heavy atom. The van der Waals surface area contributed by atoms with Gasteiger partial charge in [0.2, 0.25) is 0 Å². The summed E-state index contributed by atoms with van der Waals surface area (Å²) in [6, 6.07) is 1.76. The van der Waals surface area contributed by atoms with Gasteiger partial charge in [-0.25, -0.2) is 0 Å². The van der Waals surface area contributed by atoms with Crippen molar-refractivity contribution in [2.24, 2.45) is 0 Å². The number of aromatic nitrogens is 2. The number of rotatable bonds is 5. The molecule has 5 nitrogen and oxygen atoms in total. The first kappa shape index (κ1) is 14.5. The molecule has 19 heavy (non-hydrogen) atoms. The summed E-state index contributed by atoms with van der Waals surface area (Å²) in [7, 11) is 0. The van der Waals surface area contributed by atoms with E-state index >= 15 is 0 Å². The van der Waals surface area contributed by atoms with Crippen LogP contribution >= 0.6 is 23.5 Å². The molecule has 1 saturated carbocycles. The van der Waals surface area contributed by atoms with Crippen LogP contribution in [-0.4, -0.2) is 37.9 Å². The Morgan fingerprint density at radius 2 is 2.37 bits per heavy atom. The van der Waals surface area contributed by atoms with Crippen LogP contribution in [0.25, 0.3) is 0 Å². The maximum atomic E-state index is 11.3. The van der Waals surface area contributed by atoms with Crippen molar-refractivity contribution in [3.63, 3.8) is 0 Å². The molecule has 0 saturated heterocycles. The lowest BCUT2D eigenvalue weighted by Gasteiger charge is -2.18. The zero-order chi connectivity index (χ0) is 13.8. The highest BCUT2D eigenvalue weighted by atomic mass is 32.2. The zero-order valence-corrected chi connectivity index (χ0v) is 12.2. The third kappa shape index (κ3) is 3.76. The van der Waals surface area contributed by atoms with Crippen LogP contribution in [0.2, 0.25) is 0 Å². The standard InChI is InChI=1S/C12H16N2O3S2/c1-18-9-3-2-8(6-9)14-5-4-10(15)13-12(14)19-7-11(16)17/h4-5,8-9H,2-3,6-7H2,1H3,(H,16,17). The lowest BCUT2D eigenvalue weighted by molar-refractivity contribution is -0.133. The molecule has 0 spiro atoms. The van der Waals surface area contributed by atoms with Crippen molar-refractivity contribution in [2.75, 3.05) is 12.0 Å². The highest BCUT2D eigenvalue weighted by Crippen LogP contribution is 2.37. The van der Waals surface area contributed by atoms with E-state index in [1.54, 1.807) is 6.20 Å². The lowest BCUT2D eigenvalue weighted by atomic mass is 10.2. The van der Waals surface area contributed by atoms with Gasteiger partial charge >= 0.3 is 5.97 Å². The van der Waals surface area contributed by atoms with Gasteiger partial charge < -0.3 is 9.67 Å². The minimum atomic E-state index is -0.900. The summed E-state index contributed by atoms with van der Waals surface area (Å²) >= 11 is 2.97. The van der Waals surface area contributed by atoms with Crippen LogP contribution in [0.4, 0.5) is 0 Å². The molecule has 0 aliphatic heterocycles. The fourth-order valence-electron chi connectivity index (χ4n) is 2.29. The number of nitrogens with zero attached hydrogens (tertiary/aromatic N) is 2. The van der Waals surface area contributed by atoms with Crippen molar-refractivity contribution in [1.82, 2.24) is 9.55 Å². The van der Waals surface area contributed by atoms with Crippen LogP contribution in [0.5, 0.6) is 0 Å². The number of carboxylic acids is 1. The Kier molecular flexibility index (Phi) is 4.93. The number of hydrogen-bond acceptors (Lipinski definition) is 5. The Labute approximate surface area is 119 Å². The van der Waals surface area contributed by atoms with Gasteiger partial charge in [-0.05, 0) is 25.5 Å². The predicted octanol–water partition coefficient (Wildman–Crippen LogP) is 1.88. The quantitative estimate of drug-likeness (QED) is 0.661. The molecule has 0 radical (unpaired) electrons. The highest BCUT2D eigenvalue weighted by molar-refractivity contribution is 7.99. The largest absolute Gasteiger partial charge is 0.481 e. The first-order valence-electron chi connectivity index (χ1n) is 6.06. The molecular formula is C12H16N2O3S2. The summed E-state index contributed by atoms with van der Waals surface area (Å²) in [6.45, 7) is 0. The smallest absolute Gasteiger partial charge is 0.313 e. The van der Waals surface area contributed by atoms with E-state index in [9.17, 15) is 9.59 Å². The maximum Gasteiger partial charge on any atom is 0.313 e. The topological polar surface area (TPSA) is 72.2 Å². The second-order valence-corrected chi connectivity index (χ2v) is 6.54. The Morgan fingerprint density at radius 1 is 1.58 bits per heavy atom. The van der Waals surface area contributed by atoms with Gasteiger partial charge in [-0.3, -0.25) is 9.59 Å². The molecule has 1 N–H and O–H groups in total. The van der Waals surface area contributed by atoms with Crippen molar-refractivity contribution in [3.8, 4) is 0 Å². The van der Waals surface area contributed by atoms with E-state index in [1.807, 2.05) is 16.3 Å². The summed E-state index contributed by atoms with van der Waals surface area (Å²) in [6.07, 6.45) is 7.10. The summed E-state index contributed by atoms with van der Waals surface area (Å²) in [5, 5.41) is 9.90. The van der Waals surface area contributed by atoms with Gasteiger partial charge in [0.1, 0.15) is 0 Å². The molecule has 1 aromatic heterocycles. The van der Waals surface area contributed by atoms with E-state index in [-0.39, 0.29) is 11.3 Å². The van der Waals surface area contributed by atoms with Gasteiger partial charge in [-0.15, -0.1) is 0 Å². The number of hydrogen-bond donors (Lipinski definition) is 1. The molecule has 0 bridgehead atoms. The number of thioether (sulfide) groups is 2. The van der Waals surface area contributed by atoms with Crippen LogP contribution in [0.1, 0.15) is 25.3 Å². The average molecular weight is 300 g/mol. The molecule has 104 valence electrons. The number of aliphatic carboxylic acids is 1.